The number of aromatic nitrogens is 1. The SMILES string of the molecule is c1ccc(COB2Oc3ccccc3O2)nc1. The molecule has 5 heteroatoms. The van der Waals surface area contributed by atoms with Crippen LogP contribution in [0.3, 0.4) is 0 Å². The number of pyridine rings is 1. The van der Waals surface area contributed by atoms with E-state index >= 15 is 0 Å². The van der Waals surface area contributed by atoms with Gasteiger partial charge in [0, 0.05) is 6.20 Å². The molecule has 84 valence electrons. The Morgan fingerprint density at radius 3 is 2.35 bits per heavy atom. The highest BCUT2D eigenvalue weighted by Gasteiger charge is 2.34. The van der Waals surface area contributed by atoms with Gasteiger partial charge in [-0.15, -0.1) is 0 Å². The summed E-state index contributed by atoms with van der Waals surface area (Å²) >= 11 is 0. The van der Waals surface area contributed by atoms with Crippen molar-refractivity contribution in [3.63, 3.8) is 0 Å². The molecule has 0 bridgehead atoms. The van der Waals surface area contributed by atoms with Crippen LogP contribution in [0.15, 0.2) is 48.7 Å². The predicted molar refractivity (Wildman–Crippen MR) is 62.5 cm³/mol. The van der Waals surface area contributed by atoms with E-state index in [1.807, 2.05) is 42.5 Å². The molecule has 3 rings (SSSR count). The fourth-order valence-electron chi connectivity index (χ4n) is 1.58. The average Bonchev–Trinajstić information content (AvgIpc) is 2.80. The smallest absolute Gasteiger partial charge is 0.498 e. The molecule has 1 aromatic heterocycles. The van der Waals surface area contributed by atoms with Crippen molar-refractivity contribution < 1.29 is 14.0 Å². The van der Waals surface area contributed by atoms with Crippen LogP contribution in [0.4, 0.5) is 0 Å². The number of nitrogens with zero attached hydrogens (tertiary/aromatic N) is 1. The Kier molecular flexibility index (Phi) is 2.67. The number of rotatable bonds is 3. The molecule has 0 spiro atoms. The Labute approximate surface area is 99.3 Å². The fraction of sp³-hybridized carbons (Fsp3) is 0.0833. The largest absolute Gasteiger partial charge is 0.788 e. The first-order valence-corrected chi connectivity index (χ1v) is 5.36. The van der Waals surface area contributed by atoms with E-state index in [0.717, 1.165) is 5.69 Å². The Morgan fingerprint density at radius 1 is 1.00 bits per heavy atom. The van der Waals surface area contributed by atoms with Crippen LogP contribution in [0.2, 0.25) is 0 Å². The van der Waals surface area contributed by atoms with Gasteiger partial charge in [-0.2, -0.15) is 0 Å². The summed E-state index contributed by atoms with van der Waals surface area (Å²) in [6.07, 6.45) is 1.73. The van der Waals surface area contributed by atoms with E-state index in [0.29, 0.717) is 18.1 Å². The second-order valence-electron chi connectivity index (χ2n) is 3.60. The van der Waals surface area contributed by atoms with Gasteiger partial charge in [-0.05, 0) is 24.3 Å². The minimum atomic E-state index is -0.686. The van der Waals surface area contributed by atoms with Crippen LogP contribution in [0.5, 0.6) is 11.5 Å². The second kappa shape index (κ2) is 4.47. The lowest BCUT2D eigenvalue weighted by molar-refractivity contribution is 0.209. The van der Waals surface area contributed by atoms with Crippen molar-refractivity contribution in [2.75, 3.05) is 0 Å². The van der Waals surface area contributed by atoms with E-state index in [1.54, 1.807) is 6.20 Å². The molecule has 0 N–H and O–H groups in total. The summed E-state index contributed by atoms with van der Waals surface area (Å²) in [5.41, 5.74) is 0.843. The lowest BCUT2D eigenvalue weighted by Gasteiger charge is -2.04. The lowest BCUT2D eigenvalue weighted by atomic mass is 10.2. The van der Waals surface area contributed by atoms with Crippen molar-refractivity contribution in [3.8, 4) is 11.5 Å². The lowest BCUT2D eigenvalue weighted by Crippen LogP contribution is -2.28. The van der Waals surface area contributed by atoms with Crippen LogP contribution in [-0.2, 0) is 11.3 Å². The van der Waals surface area contributed by atoms with Gasteiger partial charge >= 0.3 is 7.32 Å². The van der Waals surface area contributed by atoms with Gasteiger partial charge in [-0.3, -0.25) is 4.98 Å². The first kappa shape index (κ1) is 10.2. The number of para-hydroxylation sites is 2. The van der Waals surface area contributed by atoms with Crippen molar-refractivity contribution in [3.05, 3.63) is 54.4 Å². The van der Waals surface area contributed by atoms with E-state index in [9.17, 15) is 0 Å². The molecule has 0 unspecified atom stereocenters. The molecular weight excluding hydrogens is 217 g/mol. The normalized spacial score (nSPS) is 12.8. The minimum Gasteiger partial charge on any atom is -0.498 e. The third-order valence-electron chi connectivity index (χ3n) is 2.39. The molecule has 4 nitrogen and oxygen atoms in total. The van der Waals surface area contributed by atoms with Crippen LogP contribution in [0.25, 0.3) is 0 Å². The van der Waals surface area contributed by atoms with Crippen LogP contribution >= 0.6 is 0 Å². The molecule has 0 saturated carbocycles. The first-order chi connectivity index (χ1) is 8.42. The van der Waals surface area contributed by atoms with Gasteiger partial charge in [-0.1, -0.05) is 18.2 Å². The quantitative estimate of drug-likeness (QED) is 0.752. The number of hydrogen-bond acceptors (Lipinski definition) is 4. The molecule has 1 aliphatic rings. The highest BCUT2D eigenvalue weighted by Crippen LogP contribution is 2.32. The van der Waals surface area contributed by atoms with Crippen molar-refractivity contribution in [2.24, 2.45) is 0 Å². The second-order valence-corrected chi connectivity index (χ2v) is 3.60. The Morgan fingerprint density at radius 2 is 1.71 bits per heavy atom. The molecule has 0 aliphatic carbocycles. The molecule has 0 radical (unpaired) electrons. The summed E-state index contributed by atoms with van der Waals surface area (Å²) in [6.45, 7) is 0.361. The van der Waals surface area contributed by atoms with Gasteiger partial charge in [0.1, 0.15) is 11.5 Å². The van der Waals surface area contributed by atoms with Crippen LogP contribution < -0.4 is 9.31 Å². The number of hydrogen-bond donors (Lipinski definition) is 0. The van der Waals surface area contributed by atoms with E-state index in [-0.39, 0.29) is 0 Å². The third kappa shape index (κ3) is 2.24. The molecule has 0 atom stereocenters. The molecule has 1 aliphatic heterocycles. The van der Waals surface area contributed by atoms with Gasteiger partial charge in [0.2, 0.25) is 0 Å². The van der Waals surface area contributed by atoms with E-state index in [2.05, 4.69) is 4.98 Å². The summed E-state index contributed by atoms with van der Waals surface area (Å²) in [5, 5.41) is 0. The third-order valence-corrected chi connectivity index (χ3v) is 2.39. The van der Waals surface area contributed by atoms with Crippen LogP contribution in [0.1, 0.15) is 5.69 Å². The maximum absolute atomic E-state index is 5.46. The highest BCUT2D eigenvalue weighted by atomic mass is 16.8. The van der Waals surface area contributed by atoms with Crippen molar-refractivity contribution in [1.82, 2.24) is 4.98 Å². The van der Waals surface area contributed by atoms with Crippen molar-refractivity contribution in [1.29, 1.82) is 0 Å². The van der Waals surface area contributed by atoms with Crippen molar-refractivity contribution in [2.45, 2.75) is 6.61 Å². The van der Waals surface area contributed by atoms with Crippen LogP contribution in [-0.4, -0.2) is 12.3 Å². The van der Waals surface area contributed by atoms with Gasteiger partial charge in [0.05, 0.1) is 12.3 Å². The van der Waals surface area contributed by atoms with Gasteiger partial charge in [-0.25, -0.2) is 0 Å². The molecule has 17 heavy (non-hydrogen) atoms. The zero-order valence-electron chi connectivity index (χ0n) is 9.08. The molecule has 0 amide bonds. The number of fused-ring (bicyclic) bond motifs is 1. The van der Waals surface area contributed by atoms with Gasteiger partial charge in [0.25, 0.3) is 0 Å². The number of benzene rings is 1. The highest BCUT2D eigenvalue weighted by molar-refractivity contribution is 6.40. The monoisotopic (exact) mass is 227 g/mol. The average molecular weight is 227 g/mol. The minimum absolute atomic E-state index is 0.361. The Bertz CT molecular complexity index is 481. The summed E-state index contributed by atoms with van der Waals surface area (Å²) in [5.74, 6) is 1.41. The van der Waals surface area contributed by atoms with Gasteiger partial charge in [0.15, 0.2) is 0 Å². The summed E-state index contributed by atoms with van der Waals surface area (Å²) in [7, 11) is -0.686. The van der Waals surface area contributed by atoms with E-state index < -0.39 is 7.32 Å². The van der Waals surface area contributed by atoms with Crippen LogP contribution in [0, 0.1) is 0 Å². The topological polar surface area (TPSA) is 40.6 Å². The zero-order chi connectivity index (χ0) is 11.5. The molecule has 1 aromatic carbocycles. The molecular formula is C12H10BNO3. The maximum Gasteiger partial charge on any atom is 0.788 e. The maximum atomic E-state index is 5.46. The first-order valence-electron chi connectivity index (χ1n) is 5.36. The fourth-order valence-corrected chi connectivity index (χ4v) is 1.58. The Balaban J connectivity index is 1.59. The standard InChI is InChI=1S/C12H10BNO3/c1-2-7-12-11(6-1)16-13(17-12)15-9-10-5-3-4-8-14-10/h1-8H,9H2. The molecule has 0 saturated heterocycles. The molecule has 0 fully saturated rings. The summed E-state index contributed by atoms with van der Waals surface area (Å²) in [6, 6.07) is 13.1. The summed E-state index contributed by atoms with van der Waals surface area (Å²) in [4.78, 5) is 4.15. The van der Waals surface area contributed by atoms with E-state index in [4.69, 9.17) is 14.0 Å². The molecule has 2 heterocycles. The predicted octanol–water partition coefficient (Wildman–Crippen LogP) is 2.05. The van der Waals surface area contributed by atoms with Gasteiger partial charge < -0.3 is 14.0 Å². The molecule has 2 aromatic rings. The summed E-state index contributed by atoms with van der Waals surface area (Å²) < 4.78 is 16.4. The van der Waals surface area contributed by atoms with Crippen molar-refractivity contribution >= 4 is 7.32 Å². The zero-order valence-corrected chi connectivity index (χ0v) is 9.08. The van der Waals surface area contributed by atoms with E-state index in [1.165, 1.54) is 0 Å². The Hall–Kier alpha value is -2.01.